The van der Waals surface area contributed by atoms with Gasteiger partial charge in [0.25, 0.3) is 5.91 Å². The van der Waals surface area contributed by atoms with E-state index in [-0.39, 0.29) is 17.3 Å². The summed E-state index contributed by atoms with van der Waals surface area (Å²) in [5, 5.41) is 2.98. The third-order valence-electron chi connectivity index (χ3n) is 5.15. The van der Waals surface area contributed by atoms with Gasteiger partial charge in [0, 0.05) is 5.69 Å². The van der Waals surface area contributed by atoms with E-state index in [0.717, 1.165) is 28.3 Å². The summed E-state index contributed by atoms with van der Waals surface area (Å²) < 4.78 is 39.8. The molecule has 1 aliphatic heterocycles. The fourth-order valence-corrected chi connectivity index (χ4v) is 4.95. The van der Waals surface area contributed by atoms with E-state index in [0.29, 0.717) is 32.1 Å². The molecule has 0 bridgehead atoms. The van der Waals surface area contributed by atoms with Gasteiger partial charge in [-0.2, -0.15) is 4.31 Å². The molecule has 1 fully saturated rings. The van der Waals surface area contributed by atoms with Crippen LogP contribution in [-0.4, -0.2) is 51.4 Å². The number of quaternary nitrogens is 1. The minimum absolute atomic E-state index is 0.0806. The molecule has 0 atom stereocenters. The molecule has 3 rings (SSSR count). The Morgan fingerprint density at radius 2 is 1.72 bits per heavy atom. The Labute approximate surface area is 171 Å². The first-order chi connectivity index (χ1) is 13.8. The van der Waals surface area contributed by atoms with Crippen LogP contribution in [-0.2, 0) is 14.8 Å². The lowest BCUT2D eigenvalue weighted by molar-refractivity contribution is -0.895. The highest BCUT2D eigenvalue weighted by molar-refractivity contribution is 7.89. The fraction of sp³-hybridized carbons (Fsp3) is 0.381. The van der Waals surface area contributed by atoms with Crippen LogP contribution in [0.3, 0.4) is 0 Å². The second kappa shape index (κ2) is 9.02. The highest BCUT2D eigenvalue weighted by atomic mass is 32.2. The summed E-state index contributed by atoms with van der Waals surface area (Å²) in [5.41, 5.74) is 1.91. The molecule has 156 valence electrons. The molecule has 1 amide bonds. The van der Waals surface area contributed by atoms with E-state index in [2.05, 4.69) is 19.2 Å². The Hall–Kier alpha value is -2.29. The maximum atomic E-state index is 13.1. The molecule has 0 spiro atoms. The number of para-hydroxylation sites is 1. The molecule has 2 aromatic rings. The molecule has 2 aromatic carbocycles. The van der Waals surface area contributed by atoms with E-state index in [1.165, 1.54) is 16.4 Å². The van der Waals surface area contributed by atoms with Gasteiger partial charge in [-0.15, -0.1) is 0 Å². The number of anilines is 1. The van der Waals surface area contributed by atoms with Crippen LogP contribution in [0.1, 0.15) is 25.3 Å². The number of benzene rings is 2. The summed E-state index contributed by atoms with van der Waals surface area (Å²) in [4.78, 5) is 13.6. The van der Waals surface area contributed by atoms with Gasteiger partial charge >= 0.3 is 0 Å². The first kappa shape index (κ1) is 21.4. The molecular formula is C21H27FN3O3S+. The molecule has 0 aliphatic carbocycles. The van der Waals surface area contributed by atoms with Crippen LogP contribution in [0.5, 0.6) is 0 Å². The molecule has 2 N–H and O–H groups in total. The first-order valence-corrected chi connectivity index (χ1v) is 11.2. The van der Waals surface area contributed by atoms with Crippen molar-refractivity contribution in [3.05, 3.63) is 59.9 Å². The van der Waals surface area contributed by atoms with E-state index < -0.39 is 15.8 Å². The highest BCUT2D eigenvalue weighted by Gasteiger charge is 2.31. The number of nitrogens with zero attached hydrogens (tertiary/aromatic N) is 1. The van der Waals surface area contributed by atoms with Crippen molar-refractivity contribution in [2.75, 3.05) is 38.0 Å². The number of hydrogen-bond acceptors (Lipinski definition) is 3. The van der Waals surface area contributed by atoms with Crippen molar-refractivity contribution in [2.45, 2.75) is 24.7 Å². The van der Waals surface area contributed by atoms with Gasteiger partial charge < -0.3 is 10.2 Å². The van der Waals surface area contributed by atoms with Gasteiger partial charge in [-0.05, 0) is 41.8 Å². The Morgan fingerprint density at radius 3 is 2.34 bits per heavy atom. The molecule has 1 aliphatic rings. The predicted octanol–water partition coefficient (Wildman–Crippen LogP) is 1.48. The van der Waals surface area contributed by atoms with Crippen molar-refractivity contribution < 1.29 is 22.5 Å². The quantitative estimate of drug-likeness (QED) is 0.744. The molecule has 1 saturated heterocycles. The molecule has 0 aromatic heterocycles. The molecule has 1 heterocycles. The van der Waals surface area contributed by atoms with Crippen molar-refractivity contribution in [1.29, 1.82) is 0 Å². The standard InChI is InChI=1S/C21H26FN3O3S/c1-16(2)19-5-3-4-6-20(19)23-21(26)15-24-11-13-25(14-12-24)29(27,28)18-9-7-17(22)8-10-18/h3-10,16H,11-15H2,1-2H3,(H,23,26)/p+1. The topological polar surface area (TPSA) is 70.9 Å². The highest BCUT2D eigenvalue weighted by Crippen LogP contribution is 2.23. The molecular weight excluding hydrogens is 393 g/mol. The Bertz CT molecular complexity index is 953. The summed E-state index contributed by atoms with van der Waals surface area (Å²) in [5.74, 6) is -0.245. The van der Waals surface area contributed by atoms with Gasteiger partial charge in [0.2, 0.25) is 10.0 Å². The van der Waals surface area contributed by atoms with Crippen molar-refractivity contribution in [3.63, 3.8) is 0 Å². The van der Waals surface area contributed by atoms with Crippen LogP contribution >= 0.6 is 0 Å². The lowest BCUT2D eigenvalue weighted by Crippen LogP contribution is -3.15. The third-order valence-corrected chi connectivity index (χ3v) is 7.06. The Morgan fingerprint density at radius 1 is 1.10 bits per heavy atom. The van der Waals surface area contributed by atoms with Gasteiger partial charge in [-0.25, -0.2) is 12.8 Å². The van der Waals surface area contributed by atoms with Crippen molar-refractivity contribution in [1.82, 2.24) is 4.31 Å². The summed E-state index contributed by atoms with van der Waals surface area (Å²) in [6.07, 6.45) is 0. The maximum Gasteiger partial charge on any atom is 0.279 e. The number of amides is 1. The van der Waals surface area contributed by atoms with Crippen molar-refractivity contribution in [2.24, 2.45) is 0 Å². The summed E-state index contributed by atoms with van der Waals surface area (Å²) in [6, 6.07) is 12.6. The number of nitrogens with one attached hydrogen (secondary N) is 2. The number of rotatable bonds is 6. The third kappa shape index (κ3) is 5.20. The smallest absolute Gasteiger partial charge is 0.279 e. The average Bonchev–Trinajstić information content (AvgIpc) is 2.69. The minimum Gasteiger partial charge on any atom is -0.325 e. The van der Waals surface area contributed by atoms with Gasteiger partial charge in [0.1, 0.15) is 5.82 Å². The Balaban J connectivity index is 1.56. The first-order valence-electron chi connectivity index (χ1n) is 9.75. The van der Waals surface area contributed by atoms with Gasteiger partial charge in [0.15, 0.2) is 6.54 Å². The SMILES string of the molecule is CC(C)c1ccccc1NC(=O)C[NH+]1CCN(S(=O)(=O)c2ccc(F)cc2)CC1. The lowest BCUT2D eigenvalue weighted by Gasteiger charge is -2.31. The van der Waals surface area contributed by atoms with Gasteiger partial charge in [-0.3, -0.25) is 4.79 Å². The van der Waals surface area contributed by atoms with Crippen LogP contribution in [0.4, 0.5) is 10.1 Å². The van der Waals surface area contributed by atoms with Crippen LogP contribution < -0.4 is 10.2 Å². The van der Waals surface area contributed by atoms with E-state index >= 15 is 0 Å². The van der Waals surface area contributed by atoms with E-state index in [1.54, 1.807) is 0 Å². The van der Waals surface area contributed by atoms with E-state index in [4.69, 9.17) is 0 Å². The Kier molecular flexibility index (Phi) is 6.66. The molecule has 8 heteroatoms. The zero-order chi connectivity index (χ0) is 21.0. The zero-order valence-corrected chi connectivity index (χ0v) is 17.5. The monoisotopic (exact) mass is 420 g/mol. The van der Waals surface area contributed by atoms with E-state index in [9.17, 15) is 17.6 Å². The molecule has 0 saturated carbocycles. The fourth-order valence-electron chi connectivity index (χ4n) is 3.51. The molecule has 29 heavy (non-hydrogen) atoms. The molecule has 0 radical (unpaired) electrons. The number of piperazine rings is 1. The number of sulfonamides is 1. The maximum absolute atomic E-state index is 13.1. The predicted molar refractivity (Wildman–Crippen MR) is 110 cm³/mol. The van der Waals surface area contributed by atoms with Gasteiger partial charge in [0.05, 0.1) is 31.1 Å². The second-order valence-corrected chi connectivity index (χ2v) is 9.51. The van der Waals surface area contributed by atoms with Crippen molar-refractivity contribution >= 4 is 21.6 Å². The second-order valence-electron chi connectivity index (χ2n) is 7.57. The van der Waals surface area contributed by atoms with Crippen LogP contribution in [0.15, 0.2) is 53.4 Å². The molecule has 6 nitrogen and oxygen atoms in total. The van der Waals surface area contributed by atoms with Gasteiger partial charge in [-0.1, -0.05) is 32.0 Å². The van der Waals surface area contributed by atoms with Crippen molar-refractivity contribution in [3.8, 4) is 0 Å². The average molecular weight is 421 g/mol. The lowest BCUT2D eigenvalue weighted by atomic mass is 10.0. The largest absolute Gasteiger partial charge is 0.325 e. The summed E-state index contributed by atoms with van der Waals surface area (Å²) in [7, 11) is -3.64. The molecule has 0 unspecified atom stereocenters. The number of halogens is 1. The van der Waals surface area contributed by atoms with Crippen LogP contribution in [0, 0.1) is 5.82 Å². The van der Waals surface area contributed by atoms with Crippen LogP contribution in [0.2, 0.25) is 0 Å². The summed E-state index contributed by atoms with van der Waals surface area (Å²) >= 11 is 0. The number of carbonyl (C=O) groups is 1. The van der Waals surface area contributed by atoms with Crippen LogP contribution in [0.25, 0.3) is 0 Å². The number of carbonyl (C=O) groups excluding carboxylic acids is 1. The normalized spacial score (nSPS) is 16.1. The zero-order valence-electron chi connectivity index (χ0n) is 16.7. The minimum atomic E-state index is -3.64. The number of hydrogen-bond donors (Lipinski definition) is 2. The summed E-state index contributed by atoms with van der Waals surface area (Å²) in [6.45, 7) is 6.18. The van der Waals surface area contributed by atoms with E-state index in [1.807, 2.05) is 24.3 Å².